The molecule has 5 aliphatic carbocycles. The molecule has 3 aromatic heterocycles. The zero-order valence-electron chi connectivity index (χ0n) is 63.4. The van der Waals surface area contributed by atoms with Gasteiger partial charge in [0.2, 0.25) is 20.0 Å². The maximum absolute atomic E-state index is 15.0. The maximum atomic E-state index is 15.0. The number of carbonyl (C=O) groups is 1. The van der Waals surface area contributed by atoms with E-state index in [1.165, 1.54) is 107 Å². The van der Waals surface area contributed by atoms with E-state index < -0.39 is 55.5 Å². The summed E-state index contributed by atoms with van der Waals surface area (Å²) >= 11 is 0. The molecule has 1 saturated carbocycles. The van der Waals surface area contributed by atoms with Crippen molar-refractivity contribution in [2.45, 2.75) is 209 Å². The van der Waals surface area contributed by atoms with E-state index in [1.807, 2.05) is 36.4 Å². The van der Waals surface area contributed by atoms with Crippen LogP contribution in [-0.4, -0.2) is 99.5 Å². The third-order valence-electron chi connectivity index (χ3n) is 23.1. The number of fused-ring (bicyclic) bond motifs is 4. The molecule has 5 atom stereocenters. The van der Waals surface area contributed by atoms with E-state index in [1.54, 1.807) is 34.3 Å². The van der Waals surface area contributed by atoms with E-state index in [4.69, 9.17) is 5.10 Å². The van der Waals surface area contributed by atoms with Gasteiger partial charge in [-0.1, -0.05) is 112 Å². The smallest absolute Gasteiger partial charge is 0.272 e. The number of nitrogens with one attached hydrogen (secondary N) is 3. The van der Waals surface area contributed by atoms with Crippen molar-refractivity contribution in [2.24, 2.45) is 0 Å². The number of aliphatic hydroxyl groups excluding tert-OH is 1. The molecule has 9 aromatic rings. The minimum absolute atomic E-state index is 0.0693. The second-order valence-corrected chi connectivity index (χ2v) is 34.3. The number of halogens is 7. The summed E-state index contributed by atoms with van der Waals surface area (Å²) in [6.07, 6.45) is 27.0. The highest BCUT2D eigenvalue weighted by Crippen LogP contribution is 2.43. The molecule has 26 heteroatoms. The number of sulfonamides is 2. The van der Waals surface area contributed by atoms with E-state index >= 15 is 0 Å². The molecule has 16 rings (SSSR count). The zero-order chi connectivity index (χ0) is 78.8. The number of hydrogen-bond donors (Lipinski definition) is 4. The summed E-state index contributed by atoms with van der Waals surface area (Å²) in [5, 5.41) is 33.9. The van der Waals surface area contributed by atoms with Crippen LogP contribution in [-0.2, 0) is 65.0 Å². The van der Waals surface area contributed by atoms with Gasteiger partial charge in [0.1, 0.15) is 40.5 Å². The van der Waals surface area contributed by atoms with E-state index in [2.05, 4.69) is 29.9 Å². The van der Waals surface area contributed by atoms with Crippen LogP contribution in [0.5, 0.6) is 0 Å². The van der Waals surface area contributed by atoms with Crippen molar-refractivity contribution in [2.75, 3.05) is 26.2 Å². The number of benzene rings is 6. The quantitative estimate of drug-likeness (QED) is 0.0443. The SMILES string of the molecule is O=C(N[C@@H]1c2ccccc2C[C@@H]1O)c1nn(C2CCCCC2)c2c1CCCC[C@H]2Cc1ccc(F)cc1.O=S(=O)(/C=C/c1nn(-c2ccc(F)cc2F)c2c1CCCCC2Cc1ccc(F)cc1)NN1CCCCC1.O=S(=O)(/C=C/c1nn(-c2ccc(F)cc2F)c2c1CCCCC2Cc1ccc(F)cc1)NN1CCCCC1. The summed E-state index contributed by atoms with van der Waals surface area (Å²) in [5.41, 5.74) is 12.2. The van der Waals surface area contributed by atoms with Gasteiger partial charge in [-0.3, -0.25) is 9.48 Å². The van der Waals surface area contributed by atoms with Crippen LogP contribution < -0.4 is 15.0 Å². The molecule has 7 aliphatic rings. The number of nitrogens with zero attached hydrogens (tertiary/aromatic N) is 8. The van der Waals surface area contributed by atoms with Gasteiger partial charge in [0.05, 0.1) is 41.0 Å². The molecule has 0 spiro atoms. The van der Waals surface area contributed by atoms with Gasteiger partial charge in [0.15, 0.2) is 17.3 Å². The lowest BCUT2D eigenvalue weighted by Gasteiger charge is -2.27. The fourth-order valence-electron chi connectivity index (χ4n) is 17.7. The lowest BCUT2D eigenvalue weighted by atomic mass is 9.89. The molecule has 2 aliphatic heterocycles. The minimum atomic E-state index is -3.76. The van der Waals surface area contributed by atoms with Crippen LogP contribution in [0.4, 0.5) is 30.7 Å². The second kappa shape index (κ2) is 36.7. The molecule has 2 saturated heterocycles. The third kappa shape index (κ3) is 20.1. The molecule has 1 amide bonds. The molecule has 0 bridgehead atoms. The average Bonchev–Trinajstić information content (AvgIpc) is 1.63. The Morgan fingerprint density at radius 3 is 1.29 bits per heavy atom. The predicted molar refractivity (Wildman–Crippen MR) is 422 cm³/mol. The Bertz CT molecular complexity index is 4880. The van der Waals surface area contributed by atoms with Crippen LogP contribution in [0, 0.1) is 40.7 Å². The van der Waals surface area contributed by atoms with Gasteiger partial charge < -0.3 is 10.4 Å². The Morgan fingerprint density at radius 1 is 0.451 bits per heavy atom. The van der Waals surface area contributed by atoms with Crippen molar-refractivity contribution >= 4 is 38.1 Å². The topological polar surface area (TPSA) is 202 Å². The highest BCUT2D eigenvalue weighted by atomic mass is 32.2. The summed E-state index contributed by atoms with van der Waals surface area (Å²) in [4.78, 5) is 19.0. The highest BCUT2D eigenvalue weighted by molar-refractivity contribution is 7.92. The largest absolute Gasteiger partial charge is 0.390 e. The molecule has 2 unspecified atom stereocenters. The van der Waals surface area contributed by atoms with Crippen molar-refractivity contribution in [1.29, 1.82) is 0 Å². The number of aliphatic hydroxyl groups is 1. The molecule has 598 valence electrons. The monoisotopic (exact) mass is 1590 g/mol. The van der Waals surface area contributed by atoms with Crippen molar-refractivity contribution < 1.29 is 57.5 Å². The average molecular weight is 1590 g/mol. The summed E-state index contributed by atoms with van der Waals surface area (Å²) < 4.78 is 154. The van der Waals surface area contributed by atoms with E-state index in [-0.39, 0.29) is 52.5 Å². The second-order valence-electron chi connectivity index (χ2n) is 31.2. The van der Waals surface area contributed by atoms with Gasteiger partial charge in [0.25, 0.3) is 5.91 Å². The Hall–Kier alpha value is -8.89. The maximum Gasteiger partial charge on any atom is 0.272 e. The predicted octanol–water partition coefficient (Wildman–Crippen LogP) is 17.2. The molecule has 113 heavy (non-hydrogen) atoms. The Morgan fingerprint density at radius 2 is 0.850 bits per heavy atom. The molecule has 6 aromatic carbocycles. The number of amides is 1. The number of hydrazine groups is 2. The molecule has 0 radical (unpaired) electrons. The van der Waals surface area contributed by atoms with Crippen molar-refractivity contribution in [1.82, 2.24) is 54.3 Å². The highest BCUT2D eigenvalue weighted by Gasteiger charge is 2.38. The summed E-state index contributed by atoms with van der Waals surface area (Å²) in [5.74, 6) is -3.83. The van der Waals surface area contributed by atoms with Crippen molar-refractivity contribution in [3.63, 3.8) is 0 Å². The van der Waals surface area contributed by atoms with Crippen LogP contribution in [0.25, 0.3) is 23.5 Å². The Kier molecular flexibility index (Phi) is 26.2. The molecule has 17 nitrogen and oxygen atoms in total. The standard InChI is InChI=1S/C31H36FN3O2.2C28H31F3N4O2S/c32-23-16-14-20(15-17-23)18-22-9-5-7-13-26-29(34-35(30(22)26)24-10-2-1-3-11-24)31(37)33-28-25-12-6-4-8-21(25)19-27(28)36;2*29-22-10-8-20(9-11-22)18-21-6-2-3-7-24-26(14-17-38(36,37)33-34-15-4-1-5-16-34)32-35(28(21)24)27-13-12-23(30)19-25(27)31/h4,6,8,12,14-17,22,24,27-28,36H,1-3,5,7,9-11,13,18-19H2,(H,33,37);2*8-14,17,19,21,33H,1-7,15-16,18H2/b;2*17-14+/t22-,27-,28+;;/m0../s1. The van der Waals surface area contributed by atoms with E-state index in [0.29, 0.717) is 81.4 Å². The van der Waals surface area contributed by atoms with Crippen molar-refractivity contribution in [3.8, 4) is 11.4 Å². The van der Waals surface area contributed by atoms with E-state index in [9.17, 15) is 57.5 Å². The number of hydrogen-bond acceptors (Lipinski definition) is 11. The first-order valence-electron chi connectivity index (χ1n) is 40.1. The van der Waals surface area contributed by atoms with Gasteiger partial charge in [-0.25, -0.2) is 66.9 Å². The third-order valence-corrected chi connectivity index (χ3v) is 25.1. The number of piperidine rings is 2. The molecular formula is C87H98F7N11O6S2. The fraction of sp³-hybridized carbons (Fsp3) is 0.425. The van der Waals surface area contributed by atoms with Crippen LogP contribution in [0.3, 0.4) is 0 Å². The first-order valence-corrected chi connectivity index (χ1v) is 43.2. The van der Waals surface area contributed by atoms with Gasteiger partial charge in [-0.15, -0.1) is 9.66 Å². The van der Waals surface area contributed by atoms with Gasteiger partial charge >= 0.3 is 0 Å². The normalized spacial score (nSPS) is 20.5. The number of carbonyl (C=O) groups excluding carboxylic acids is 1. The van der Waals surface area contributed by atoms with Gasteiger partial charge in [-0.2, -0.15) is 15.3 Å². The summed E-state index contributed by atoms with van der Waals surface area (Å²) in [7, 11) is -7.53. The minimum Gasteiger partial charge on any atom is -0.390 e. The lowest BCUT2D eigenvalue weighted by Crippen LogP contribution is -2.44. The molecule has 5 heterocycles. The first-order chi connectivity index (χ1) is 54.7. The molecular weight excluding hydrogens is 1490 g/mol. The van der Waals surface area contributed by atoms with Gasteiger partial charge in [-0.05, 0) is 216 Å². The first kappa shape index (κ1) is 80.7. The molecule has 3 fully saturated rings. The van der Waals surface area contributed by atoms with Crippen LogP contribution in [0.15, 0.2) is 144 Å². The Labute approximate surface area is 656 Å². The number of aromatic nitrogens is 6. The lowest BCUT2D eigenvalue weighted by molar-refractivity contribution is 0.0851. The van der Waals surface area contributed by atoms with E-state index in [0.717, 1.165) is 201 Å². The van der Waals surface area contributed by atoms with Crippen LogP contribution >= 0.6 is 0 Å². The van der Waals surface area contributed by atoms with Crippen LogP contribution in [0.2, 0.25) is 0 Å². The zero-order valence-corrected chi connectivity index (χ0v) is 65.1. The summed E-state index contributed by atoms with van der Waals surface area (Å²) in [6.45, 7) is 2.63. The fourth-order valence-corrected chi connectivity index (χ4v) is 19.5. The van der Waals surface area contributed by atoms with Crippen molar-refractivity contribution in [3.05, 3.63) is 264 Å². The van der Waals surface area contributed by atoms with Gasteiger partial charge in [0, 0.05) is 95.7 Å². The number of rotatable bonds is 19. The molecule has 4 N–H and O–H groups in total. The summed E-state index contributed by atoms with van der Waals surface area (Å²) in [6, 6.07) is 34.0. The van der Waals surface area contributed by atoms with Crippen LogP contribution in [0.1, 0.15) is 242 Å². The Balaban J connectivity index is 0.000000141.